The molecular weight excluding hydrogens is 326 g/mol. The fraction of sp³-hybridized carbons (Fsp3) is 0.556. The number of fused-ring (bicyclic) bond motifs is 1. The highest BCUT2D eigenvalue weighted by atomic mass is 35.5. The van der Waals surface area contributed by atoms with E-state index in [1.165, 1.54) is 0 Å². The van der Waals surface area contributed by atoms with Crippen molar-refractivity contribution in [2.75, 3.05) is 11.9 Å². The molecule has 0 saturated carbocycles. The van der Waals surface area contributed by atoms with Gasteiger partial charge in [0.05, 0.1) is 0 Å². The third-order valence-corrected chi connectivity index (χ3v) is 4.24. The number of anilines is 1. The summed E-state index contributed by atoms with van der Waals surface area (Å²) < 4.78 is 0. The summed E-state index contributed by atoms with van der Waals surface area (Å²) in [6.45, 7) is 4.67. The first-order valence-electron chi connectivity index (χ1n) is 8.37. The van der Waals surface area contributed by atoms with Gasteiger partial charge in [0.1, 0.15) is 0 Å². The Hall–Kier alpha value is -1.59. The zero-order valence-corrected chi connectivity index (χ0v) is 15.2. The average molecular weight is 354 g/mol. The van der Waals surface area contributed by atoms with Crippen molar-refractivity contribution in [1.29, 1.82) is 0 Å². The molecule has 0 bridgehead atoms. The highest BCUT2D eigenvalue weighted by Gasteiger charge is 2.26. The summed E-state index contributed by atoms with van der Waals surface area (Å²) in [5.74, 6) is 0.336. The molecule has 6 heteroatoms. The quantitative estimate of drug-likeness (QED) is 0.704. The number of nitrogens with two attached hydrogens (primary N) is 1. The van der Waals surface area contributed by atoms with E-state index in [2.05, 4.69) is 24.5 Å². The largest absolute Gasteiger partial charge is 0.352 e. The lowest BCUT2D eigenvalue weighted by molar-refractivity contribution is -0.123. The summed E-state index contributed by atoms with van der Waals surface area (Å²) in [5.41, 5.74) is 7.73. The monoisotopic (exact) mass is 353 g/mol. The van der Waals surface area contributed by atoms with Gasteiger partial charge in [-0.15, -0.1) is 12.4 Å². The van der Waals surface area contributed by atoms with Gasteiger partial charge in [-0.3, -0.25) is 9.59 Å². The first-order valence-corrected chi connectivity index (χ1v) is 8.37. The van der Waals surface area contributed by atoms with E-state index in [4.69, 9.17) is 5.73 Å². The SMILES string of the molecule is CC(C)CC(CN)NC(=O)CCC1Cc2ccccc2NC1=O.Cl. The Morgan fingerprint density at radius 3 is 2.75 bits per heavy atom. The number of hydrogen-bond donors (Lipinski definition) is 3. The van der Waals surface area contributed by atoms with Gasteiger partial charge in [0.2, 0.25) is 11.8 Å². The highest BCUT2D eigenvalue weighted by Crippen LogP contribution is 2.27. The van der Waals surface area contributed by atoms with Crippen molar-refractivity contribution < 1.29 is 9.59 Å². The zero-order valence-electron chi connectivity index (χ0n) is 14.4. The molecular formula is C18H28ClN3O2. The van der Waals surface area contributed by atoms with E-state index in [1.807, 2.05) is 24.3 Å². The van der Waals surface area contributed by atoms with Gasteiger partial charge in [-0.1, -0.05) is 32.0 Å². The Morgan fingerprint density at radius 2 is 2.08 bits per heavy atom. The maximum absolute atomic E-state index is 12.1. The molecule has 2 unspecified atom stereocenters. The van der Waals surface area contributed by atoms with Crippen molar-refractivity contribution in [3.05, 3.63) is 29.8 Å². The highest BCUT2D eigenvalue weighted by molar-refractivity contribution is 5.96. The van der Waals surface area contributed by atoms with Gasteiger partial charge in [-0.25, -0.2) is 0 Å². The lowest BCUT2D eigenvalue weighted by Gasteiger charge is -2.25. The molecule has 1 aliphatic heterocycles. The summed E-state index contributed by atoms with van der Waals surface area (Å²) in [6, 6.07) is 7.83. The number of hydrogen-bond acceptors (Lipinski definition) is 3. The molecule has 2 atom stereocenters. The first-order chi connectivity index (χ1) is 11.0. The van der Waals surface area contributed by atoms with E-state index >= 15 is 0 Å². The molecule has 0 aliphatic carbocycles. The Balaban J connectivity index is 0.00000288. The van der Waals surface area contributed by atoms with Gasteiger partial charge < -0.3 is 16.4 Å². The molecule has 0 aromatic heterocycles. The maximum Gasteiger partial charge on any atom is 0.227 e. The lowest BCUT2D eigenvalue weighted by atomic mass is 9.89. The molecule has 0 fully saturated rings. The van der Waals surface area contributed by atoms with Gasteiger partial charge in [-0.2, -0.15) is 0 Å². The second kappa shape index (κ2) is 9.64. The van der Waals surface area contributed by atoms with Crippen LogP contribution in [0, 0.1) is 11.8 Å². The van der Waals surface area contributed by atoms with Crippen LogP contribution in [0.15, 0.2) is 24.3 Å². The minimum Gasteiger partial charge on any atom is -0.352 e. The van der Waals surface area contributed by atoms with Crippen LogP contribution in [0.4, 0.5) is 5.69 Å². The summed E-state index contributed by atoms with van der Waals surface area (Å²) in [7, 11) is 0. The number of benzene rings is 1. The number of nitrogens with one attached hydrogen (secondary N) is 2. The van der Waals surface area contributed by atoms with Gasteiger partial charge in [0.25, 0.3) is 0 Å². The van der Waals surface area contributed by atoms with Crippen molar-refractivity contribution in [1.82, 2.24) is 5.32 Å². The number of carbonyl (C=O) groups excluding carboxylic acids is 2. The Morgan fingerprint density at radius 1 is 1.38 bits per heavy atom. The van der Waals surface area contributed by atoms with E-state index < -0.39 is 0 Å². The van der Waals surface area contributed by atoms with Gasteiger partial charge in [0, 0.05) is 30.6 Å². The summed E-state index contributed by atoms with van der Waals surface area (Å²) in [5, 5.41) is 5.90. The topological polar surface area (TPSA) is 84.2 Å². The molecule has 1 aromatic rings. The predicted molar refractivity (Wildman–Crippen MR) is 99.2 cm³/mol. The molecule has 1 aromatic carbocycles. The average Bonchev–Trinajstić information content (AvgIpc) is 2.51. The van der Waals surface area contributed by atoms with Crippen LogP contribution in [0.2, 0.25) is 0 Å². The fourth-order valence-corrected chi connectivity index (χ4v) is 3.03. The number of carbonyl (C=O) groups is 2. The van der Waals surface area contributed by atoms with Crippen LogP contribution in [0.5, 0.6) is 0 Å². The zero-order chi connectivity index (χ0) is 16.8. The minimum atomic E-state index is -0.142. The van der Waals surface area contributed by atoms with Crippen LogP contribution < -0.4 is 16.4 Å². The van der Waals surface area contributed by atoms with Gasteiger partial charge in [0.15, 0.2) is 0 Å². The lowest BCUT2D eigenvalue weighted by Crippen LogP contribution is -2.41. The van der Waals surface area contributed by atoms with E-state index in [9.17, 15) is 9.59 Å². The normalized spacial score (nSPS) is 17.5. The number of para-hydroxylation sites is 1. The molecule has 1 aliphatic rings. The molecule has 2 rings (SSSR count). The van der Waals surface area contributed by atoms with Crippen LogP contribution in [-0.4, -0.2) is 24.4 Å². The van der Waals surface area contributed by atoms with Gasteiger partial charge >= 0.3 is 0 Å². The summed E-state index contributed by atoms with van der Waals surface area (Å²) in [4.78, 5) is 24.2. The first kappa shape index (κ1) is 20.5. The van der Waals surface area contributed by atoms with E-state index in [-0.39, 0.29) is 36.2 Å². The van der Waals surface area contributed by atoms with Crippen LogP contribution in [-0.2, 0) is 16.0 Å². The third-order valence-electron chi connectivity index (χ3n) is 4.24. The minimum absolute atomic E-state index is 0. The second-order valence-corrected chi connectivity index (χ2v) is 6.72. The van der Waals surface area contributed by atoms with E-state index in [1.54, 1.807) is 0 Å². The van der Waals surface area contributed by atoms with Crippen LogP contribution >= 0.6 is 12.4 Å². The molecule has 24 heavy (non-hydrogen) atoms. The molecule has 2 amide bonds. The molecule has 0 radical (unpaired) electrons. The Bertz CT molecular complexity index is 563. The van der Waals surface area contributed by atoms with Crippen molar-refractivity contribution in [2.24, 2.45) is 17.6 Å². The second-order valence-electron chi connectivity index (χ2n) is 6.72. The molecule has 134 valence electrons. The van der Waals surface area contributed by atoms with E-state index in [0.717, 1.165) is 17.7 Å². The summed E-state index contributed by atoms with van der Waals surface area (Å²) >= 11 is 0. The Labute approximate surface area is 150 Å². The molecule has 4 N–H and O–H groups in total. The Kier molecular flexibility index (Phi) is 8.22. The number of amides is 2. The van der Waals surface area contributed by atoms with Gasteiger partial charge in [-0.05, 0) is 36.8 Å². The number of halogens is 1. The van der Waals surface area contributed by atoms with Crippen molar-refractivity contribution in [3.8, 4) is 0 Å². The van der Waals surface area contributed by atoms with Crippen LogP contribution in [0.3, 0.4) is 0 Å². The summed E-state index contributed by atoms with van der Waals surface area (Å²) in [6.07, 6.45) is 2.49. The molecule has 1 heterocycles. The van der Waals surface area contributed by atoms with Crippen molar-refractivity contribution in [3.63, 3.8) is 0 Å². The number of rotatable bonds is 7. The molecule has 0 spiro atoms. The predicted octanol–water partition coefficient (Wildman–Crippen LogP) is 2.49. The van der Waals surface area contributed by atoms with E-state index in [0.29, 0.717) is 31.7 Å². The smallest absolute Gasteiger partial charge is 0.227 e. The molecule has 5 nitrogen and oxygen atoms in total. The van der Waals surface area contributed by atoms with Crippen LogP contribution in [0.25, 0.3) is 0 Å². The standard InChI is InChI=1S/C18H27N3O2.ClH/c1-12(2)9-15(11-19)20-17(22)8-7-14-10-13-5-3-4-6-16(13)21-18(14)23;/h3-6,12,14-15H,7-11,19H2,1-2H3,(H,20,22)(H,21,23);1H. The van der Waals surface area contributed by atoms with Crippen molar-refractivity contribution >= 4 is 29.9 Å². The maximum atomic E-state index is 12.1. The van der Waals surface area contributed by atoms with Crippen molar-refractivity contribution in [2.45, 2.75) is 45.6 Å². The molecule has 0 saturated heterocycles. The fourth-order valence-electron chi connectivity index (χ4n) is 3.03. The third kappa shape index (κ3) is 5.80. The van der Waals surface area contributed by atoms with Crippen LogP contribution in [0.1, 0.15) is 38.7 Å².